The average Bonchev–Trinajstić information content (AvgIpc) is 2.91. The molecule has 0 radical (unpaired) electrons. The molecule has 1 aliphatic heterocycles. The zero-order chi connectivity index (χ0) is 13.7. The number of benzene rings is 1. The van der Waals surface area contributed by atoms with Gasteiger partial charge in [-0.25, -0.2) is 4.39 Å². The Morgan fingerprint density at radius 1 is 1.53 bits per heavy atom. The highest BCUT2D eigenvalue weighted by atomic mass is 19.1. The highest BCUT2D eigenvalue weighted by Crippen LogP contribution is 2.13. The van der Waals surface area contributed by atoms with Gasteiger partial charge in [-0.1, -0.05) is 0 Å². The molecule has 0 aromatic heterocycles. The first-order valence-corrected chi connectivity index (χ1v) is 6.46. The van der Waals surface area contributed by atoms with E-state index in [0.29, 0.717) is 12.3 Å². The molecule has 19 heavy (non-hydrogen) atoms. The Hall–Kier alpha value is -1.62. The largest absolute Gasteiger partial charge is 0.481 e. The molecule has 104 valence electrons. The maximum absolute atomic E-state index is 12.7. The minimum atomic E-state index is -0.619. The highest BCUT2D eigenvalue weighted by Gasteiger charge is 2.19. The second kappa shape index (κ2) is 6.52. The first-order valence-electron chi connectivity index (χ1n) is 6.46. The van der Waals surface area contributed by atoms with Crippen LogP contribution < -0.4 is 10.1 Å². The van der Waals surface area contributed by atoms with Crippen LogP contribution in [0.2, 0.25) is 0 Å². The predicted molar refractivity (Wildman–Crippen MR) is 68.5 cm³/mol. The molecule has 0 bridgehead atoms. The van der Waals surface area contributed by atoms with E-state index < -0.39 is 6.10 Å². The summed E-state index contributed by atoms with van der Waals surface area (Å²) in [5.41, 5.74) is 0. The van der Waals surface area contributed by atoms with Gasteiger partial charge in [-0.2, -0.15) is 0 Å². The van der Waals surface area contributed by atoms with Gasteiger partial charge in [0, 0.05) is 13.2 Å². The van der Waals surface area contributed by atoms with Gasteiger partial charge in [0.15, 0.2) is 6.10 Å². The molecule has 5 heteroatoms. The van der Waals surface area contributed by atoms with Crippen LogP contribution in [0.15, 0.2) is 24.3 Å². The number of hydrogen-bond acceptors (Lipinski definition) is 3. The first-order chi connectivity index (χ1) is 9.15. The number of carbonyl (C=O) groups excluding carboxylic acids is 1. The van der Waals surface area contributed by atoms with Crippen molar-refractivity contribution >= 4 is 5.91 Å². The maximum atomic E-state index is 12.7. The van der Waals surface area contributed by atoms with Crippen molar-refractivity contribution in [3.05, 3.63) is 30.1 Å². The number of halogens is 1. The lowest BCUT2D eigenvalue weighted by atomic mass is 10.2. The van der Waals surface area contributed by atoms with Crippen LogP contribution in [0.3, 0.4) is 0 Å². The summed E-state index contributed by atoms with van der Waals surface area (Å²) in [4.78, 5) is 11.8. The van der Waals surface area contributed by atoms with Crippen LogP contribution >= 0.6 is 0 Å². The summed E-state index contributed by atoms with van der Waals surface area (Å²) < 4.78 is 23.6. The standard InChI is InChI=1S/C14H18FNO3/c1-10(19-12-6-4-11(15)5-7-12)14(17)16-9-13-3-2-8-18-13/h4-7,10,13H,2-3,8-9H2,1H3,(H,16,17)/t10-,13+/m1/s1. The number of carbonyl (C=O) groups is 1. The molecule has 4 nitrogen and oxygen atoms in total. The van der Waals surface area contributed by atoms with Gasteiger partial charge < -0.3 is 14.8 Å². The molecule has 1 aliphatic rings. The summed E-state index contributed by atoms with van der Waals surface area (Å²) in [6.45, 7) is 2.94. The third kappa shape index (κ3) is 4.21. The lowest BCUT2D eigenvalue weighted by Crippen LogP contribution is -2.40. The molecule has 1 fully saturated rings. The molecule has 0 aliphatic carbocycles. The second-order valence-corrected chi connectivity index (χ2v) is 4.59. The van der Waals surface area contributed by atoms with Crippen molar-refractivity contribution in [2.75, 3.05) is 13.2 Å². The van der Waals surface area contributed by atoms with Crippen LogP contribution in [0, 0.1) is 5.82 Å². The Morgan fingerprint density at radius 2 is 2.26 bits per heavy atom. The van der Waals surface area contributed by atoms with Crippen molar-refractivity contribution in [2.24, 2.45) is 0 Å². The summed E-state index contributed by atoms with van der Waals surface area (Å²) >= 11 is 0. The van der Waals surface area contributed by atoms with Crippen LogP contribution in [-0.2, 0) is 9.53 Å². The van der Waals surface area contributed by atoms with E-state index in [1.807, 2.05) is 0 Å². The highest BCUT2D eigenvalue weighted by molar-refractivity contribution is 5.80. The Morgan fingerprint density at radius 3 is 2.89 bits per heavy atom. The maximum Gasteiger partial charge on any atom is 0.260 e. The zero-order valence-corrected chi connectivity index (χ0v) is 10.9. The van der Waals surface area contributed by atoms with Gasteiger partial charge in [0.25, 0.3) is 5.91 Å². The molecule has 2 rings (SSSR count). The molecular formula is C14H18FNO3. The summed E-state index contributed by atoms with van der Waals surface area (Å²) in [7, 11) is 0. The monoisotopic (exact) mass is 267 g/mol. The number of ether oxygens (including phenoxy) is 2. The van der Waals surface area contributed by atoms with Crippen molar-refractivity contribution < 1.29 is 18.7 Å². The van der Waals surface area contributed by atoms with Gasteiger partial charge in [0.1, 0.15) is 11.6 Å². The molecule has 1 aromatic rings. The smallest absolute Gasteiger partial charge is 0.260 e. The third-order valence-electron chi connectivity index (χ3n) is 3.02. The molecule has 1 heterocycles. The van der Waals surface area contributed by atoms with Gasteiger partial charge in [-0.3, -0.25) is 4.79 Å². The topological polar surface area (TPSA) is 47.6 Å². The molecular weight excluding hydrogens is 249 g/mol. The van der Waals surface area contributed by atoms with E-state index in [0.717, 1.165) is 19.4 Å². The Bertz CT molecular complexity index is 415. The molecule has 0 saturated carbocycles. The van der Waals surface area contributed by atoms with E-state index in [1.54, 1.807) is 6.92 Å². The van der Waals surface area contributed by atoms with Crippen molar-refractivity contribution in [3.63, 3.8) is 0 Å². The summed E-state index contributed by atoms with van der Waals surface area (Å²) in [6.07, 6.45) is 1.52. The quantitative estimate of drug-likeness (QED) is 0.886. The normalized spacial score (nSPS) is 20.0. The van der Waals surface area contributed by atoms with Crippen LogP contribution in [0.1, 0.15) is 19.8 Å². The fourth-order valence-electron chi connectivity index (χ4n) is 1.93. The average molecular weight is 267 g/mol. The van der Waals surface area contributed by atoms with Crippen molar-refractivity contribution in [2.45, 2.75) is 32.0 Å². The molecule has 2 atom stereocenters. The third-order valence-corrected chi connectivity index (χ3v) is 3.02. The fraction of sp³-hybridized carbons (Fsp3) is 0.500. The lowest BCUT2D eigenvalue weighted by molar-refractivity contribution is -0.127. The van der Waals surface area contributed by atoms with Crippen molar-refractivity contribution in [1.82, 2.24) is 5.32 Å². The van der Waals surface area contributed by atoms with E-state index in [1.165, 1.54) is 24.3 Å². The van der Waals surface area contributed by atoms with E-state index in [-0.39, 0.29) is 17.8 Å². The molecule has 1 amide bonds. The molecule has 0 spiro atoms. The van der Waals surface area contributed by atoms with Crippen LogP contribution in [-0.4, -0.2) is 31.3 Å². The Kier molecular flexibility index (Phi) is 4.74. The van der Waals surface area contributed by atoms with Gasteiger partial charge in [-0.15, -0.1) is 0 Å². The number of hydrogen-bond donors (Lipinski definition) is 1. The summed E-state index contributed by atoms with van der Waals surface area (Å²) in [6, 6.07) is 5.59. The fourth-order valence-corrected chi connectivity index (χ4v) is 1.93. The van der Waals surface area contributed by atoms with Crippen molar-refractivity contribution in [3.8, 4) is 5.75 Å². The molecule has 1 N–H and O–H groups in total. The van der Waals surface area contributed by atoms with E-state index in [4.69, 9.17) is 9.47 Å². The summed E-state index contributed by atoms with van der Waals surface area (Å²) in [5, 5.41) is 2.79. The zero-order valence-electron chi connectivity index (χ0n) is 10.9. The predicted octanol–water partition coefficient (Wildman–Crippen LogP) is 1.89. The first kappa shape index (κ1) is 13.8. The van der Waals surface area contributed by atoms with Gasteiger partial charge >= 0.3 is 0 Å². The SMILES string of the molecule is C[C@@H](Oc1ccc(F)cc1)C(=O)NC[C@@H]1CCCO1. The van der Waals surface area contributed by atoms with Gasteiger partial charge in [0.2, 0.25) is 0 Å². The Labute approximate surface area is 111 Å². The minimum Gasteiger partial charge on any atom is -0.481 e. The number of amides is 1. The van der Waals surface area contributed by atoms with E-state index in [2.05, 4.69) is 5.32 Å². The molecule has 0 unspecified atom stereocenters. The van der Waals surface area contributed by atoms with E-state index in [9.17, 15) is 9.18 Å². The lowest BCUT2D eigenvalue weighted by Gasteiger charge is -2.16. The molecule has 1 aromatic carbocycles. The second-order valence-electron chi connectivity index (χ2n) is 4.59. The molecule has 1 saturated heterocycles. The van der Waals surface area contributed by atoms with Crippen LogP contribution in [0.5, 0.6) is 5.75 Å². The van der Waals surface area contributed by atoms with Crippen LogP contribution in [0.25, 0.3) is 0 Å². The van der Waals surface area contributed by atoms with Crippen LogP contribution in [0.4, 0.5) is 4.39 Å². The van der Waals surface area contributed by atoms with E-state index >= 15 is 0 Å². The minimum absolute atomic E-state index is 0.113. The number of nitrogens with one attached hydrogen (secondary N) is 1. The van der Waals surface area contributed by atoms with Crippen molar-refractivity contribution in [1.29, 1.82) is 0 Å². The van der Waals surface area contributed by atoms with Gasteiger partial charge in [0.05, 0.1) is 6.10 Å². The Balaban J connectivity index is 1.76. The summed E-state index contributed by atoms with van der Waals surface area (Å²) in [5.74, 6) is -0.0520. The number of rotatable bonds is 5. The van der Waals surface area contributed by atoms with Gasteiger partial charge in [-0.05, 0) is 44.0 Å².